The SMILES string of the molecule is O=C(NCc1ccco1)c1ccc(S(=O)(=O)[C@@H]2CCS(=O)(=O)C2)cc1. The molecule has 1 aromatic carbocycles. The Bertz CT molecular complexity index is 960. The molecule has 0 spiro atoms. The van der Waals surface area contributed by atoms with Gasteiger partial charge in [-0.3, -0.25) is 4.79 Å². The molecule has 25 heavy (non-hydrogen) atoms. The van der Waals surface area contributed by atoms with Crippen LogP contribution in [0.2, 0.25) is 0 Å². The van der Waals surface area contributed by atoms with E-state index in [0.717, 1.165) is 0 Å². The molecule has 0 bridgehead atoms. The van der Waals surface area contributed by atoms with Crippen LogP contribution in [0.15, 0.2) is 52.0 Å². The van der Waals surface area contributed by atoms with Crippen molar-refractivity contribution in [3.05, 3.63) is 54.0 Å². The molecule has 0 saturated carbocycles. The first-order valence-electron chi connectivity index (χ1n) is 7.63. The van der Waals surface area contributed by atoms with Crippen molar-refractivity contribution in [2.45, 2.75) is 23.1 Å². The van der Waals surface area contributed by atoms with Crippen LogP contribution in [0.5, 0.6) is 0 Å². The number of rotatable bonds is 5. The number of carbonyl (C=O) groups excluding carboxylic acids is 1. The van der Waals surface area contributed by atoms with Crippen LogP contribution in [0.4, 0.5) is 0 Å². The lowest BCUT2D eigenvalue weighted by Crippen LogP contribution is -2.24. The molecule has 1 aromatic heterocycles. The summed E-state index contributed by atoms with van der Waals surface area (Å²) < 4.78 is 53.1. The van der Waals surface area contributed by atoms with Gasteiger partial charge in [0, 0.05) is 5.56 Å². The lowest BCUT2D eigenvalue weighted by Gasteiger charge is -2.10. The minimum Gasteiger partial charge on any atom is -0.467 e. The normalized spacial score (nSPS) is 19.6. The predicted molar refractivity (Wildman–Crippen MR) is 90.6 cm³/mol. The number of nitrogens with one attached hydrogen (secondary N) is 1. The molecule has 2 aromatic rings. The van der Waals surface area contributed by atoms with E-state index in [-0.39, 0.29) is 35.3 Å². The van der Waals surface area contributed by atoms with E-state index in [4.69, 9.17) is 4.42 Å². The summed E-state index contributed by atoms with van der Waals surface area (Å²) in [4.78, 5) is 12.1. The quantitative estimate of drug-likeness (QED) is 0.830. The monoisotopic (exact) mass is 383 g/mol. The van der Waals surface area contributed by atoms with Crippen molar-refractivity contribution in [2.75, 3.05) is 11.5 Å². The van der Waals surface area contributed by atoms with E-state index in [1.54, 1.807) is 12.1 Å². The maximum atomic E-state index is 12.5. The molecule has 3 rings (SSSR count). The third kappa shape index (κ3) is 3.93. The van der Waals surface area contributed by atoms with Crippen LogP contribution < -0.4 is 5.32 Å². The minimum absolute atomic E-state index is 0.0252. The summed E-state index contributed by atoms with van der Waals surface area (Å²) in [6.07, 6.45) is 1.61. The maximum absolute atomic E-state index is 12.5. The molecular weight excluding hydrogens is 366 g/mol. The van der Waals surface area contributed by atoms with Gasteiger partial charge in [0.1, 0.15) is 5.76 Å². The highest BCUT2D eigenvalue weighted by Gasteiger charge is 2.37. The Morgan fingerprint density at radius 3 is 2.48 bits per heavy atom. The van der Waals surface area contributed by atoms with Crippen molar-refractivity contribution in [3.8, 4) is 0 Å². The lowest BCUT2D eigenvalue weighted by atomic mass is 10.2. The molecule has 1 saturated heterocycles. The van der Waals surface area contributed by atoms with Crippen LogP contribution in [0, 0.1) is 0 Å². The molecule has 1 aliphatic rings. The molecular formula is C16H17NO6S2. The number of amides is 1. The van der Waals surface area contributed by atoms with Crippen molar-refractivity contribution >= 4 is 25.6 Å². The van der Waals surface area contributed by atoms with Crippen molar-refractivity contribution < 1.29 is 26.0 Å². The Morgan fingerprint density at radius 1 is 1.20 bits per heavy atom. The molecule has 1 atom stereocenters. The Balaban J connectivity index is 1.70. The van der Waals surface area contributed by atoms with E-state index in [9.17, 15) is 21.6 Å². The van der Waals surface area contributed by atoms with Gasteiger partial charge in [-0.05, 0) is 42.8 Å². The van der Waals surface area contributed by atoms with Crippen molar-refractivity contribution in [1.82, 2.24) is 5.32 Å². The average Bonchev–Trinajstić information content (AvgIpc) is 3.22. The van der Waals surface area contributed by atoms with E-state index in [2.05, 4.69) is 5.32 Å². The van der Waals surface area contributed by atoms with E-state index in [0.29, 0.717) is 11.3 Å². The molecule has 1 N–H and O–H groups in total. The van der Waals surface area contributed by atoms with Gasteiger partial charge < -0.3 is 9.73 Å². The summed E-state index contributed by atoms with van der Waals surface area (Å²) in [6.45, 7) is 0.228. The molecule has 9 heteroatoms. The first-order valence-corrected chi connectivity index (χ1v) is 11.0. The molecule has 0 radical (unpaired) electrons. The largest absolute Gasteiger partial charge is 0.467 e. The fraction of sp³-hybridized carbons (Fsp3) is 0.312. The average molecular weight is 383 g/mol. The zero-order chi connectivity index (χ0) is 18.1. The third-order valence-corrected chi connectivity index (χ3v) is 8.27. The van der Waals surface area contributed by atoms with Gasteiger partial charge in [0.25, 0.3) is 5.91 Å². The maximum Gasteiger partial charge on any atom is 0.251 e. The van der Waals surface area contributed by atoms with Crippen LogP contribution in [-0.2, 0) is 26.2 Å². The van der Waals surface area contributed by atoms with Crippen molar-refractivity contribution in [3.63, 3.8) is 0 Å². The Morgan fingerprint density at radius 2 is 1.92 bits per heavy atom. The molecule has 0 aliphatic carbocycles. The molecule has 134 valence electrons. The highest BCUT2D eigenvalue weighted by Crippen LogP contribution is 2.25. The zero-order valence-corrected chi connectivity index (χ0v) is 14.8. The second-order valence-corrected chi connectivity index (χ2v) is 10.3. The predicted octanol–water partition coefficient (Wildman–Crippen LogP) is 1.17. The van der Waals surface area contributed by atoms with Gasteiger partial charge in [-0.2, -0.15) is 0 Å². The molecule has 1 fully saturated rings. The van der Waals surface area contributed by atoms with Gasteiger partial charge in [0.15, 0.2) is 19.7 Å². The first-order chi connectivity index (χ1) is 11.8. The van der Waals surface area contributed by atoms with Crippen molar-refractivity contribution in [2.24, 2.45) is 0 Å². The van der Waals surface area contributed by atoms with Crippen LogP contribution in [0.3, 0.4) is 0 Å². The van der Waals surface area contributed by atoms with Crippen molar-refractivity contribution in [1.29, 1.82) is 0 Å². The summed E-state index contributed by atoms with van der Waals surface area (Å²) in [5.41, 5.74) is 0.310. The second-order valence-electron chi connectivity index (χ2n) is 5.86. The highest BCUT2D eigenvalue weighted by atomic mass is 32.2. The van der Waals surface area contributed by atoms with E-state index >= 15 is 0 Å². The molecule has 0 unspecified atom stereocenters. The number of hydrogen-bond acceptors (Lipinski definition) is 6. The van der Waals surface area contributed by atoms with Gasteiger partial charge >= 0.3 is 0 Å². The van der Waals surface area contributed by atoms with Crippen LogP contribution >= 0.6 is 0 Å². The topological polar surface area (TPSA) is 111 Å². The van der Waals surface area contributed by atoms with Gasteiger partial charge in [0.2, 0.25) is 0 Å². The first kappa shape index (κ1) is 17.7. The van der Waals surface area contributed by atoms with Crippen LogP contribution in [0.1, 0.15) is 22.5 Å². The fourth-order valence-electron chi connectivity index (χ4n) is 2.68. The number of hydrogen-bond donors (Lipinski definition) is 1. The van der Waals surface area contributed by atoms with Gasteiger partial charge in [-0.1, -0.05) is 0 Å². The highest BCUT2D eigenvalue weighted by molar-refractivity contribution is 7.96. The number of carbonyl (C=O) groups is 1. The summed E-state index contributed by atoms with van der Waals surface area (Å²) in [7, 11) is -7.02. The summed E-state index contributed by atoms with van der Waals surface area (Å²) in [6, 6.07) is 8.93. The Labute approximate surface area is 145 Å². The van der Waals surface area contributed by atoms with Gasteiger partial charge in [-0.25, -0.2) is 16.8 Å². The second kappa shape index (κ2) is 6.64. The van der Waals surface area contributed by atoms with Gasteiger partial charge in [0.05, 0.1) is 34.5 Å². The Hall–Kier alpha value is -2.13. The van der Waals surface area contributed by atoms with E-state index < -0.39 is 24.9 Å². The minimum atomic E-state index is -3.73. The Kier molecular flexibility index (Phi) is 4.70. The fourth-order valence-corrected chi connectivity index (χ4v) is 7.04. The molecule has 1 aliphatic heterocycles. The zero-order valence-electron chi connectivity index (χ0n) is 13.2. The van der Waals surface area contributed by atoms with Crippen LogP contribution in [-0.4, -0.2) is 39.5 Å². The molecule has 1 amide bonds. The van der Waals surface area contributed by atoms with E-state index in [1.807, 2.05) is 0 Å². The number of sulfone groups is 2. The van der Waals surface area contributed by atoms with Gasteiger partial charge in [-0.15, -0.1) is 0 Å². The number of furan rings is 1. The standard InChI is InChI=1S/C16H17NO6S2/c18-16(17-10-13-2-1-8-23-13)12-3-5-14(6-4-12)25(21,22)15-7-9-24(19,20)11-15/h1-6,8,15H,7,9-11H2,(H,17,18)/t15-/m1/s1. The smallest absolute Gasteiger partial charge is 0.251 e. The molecule has 7 nitrogen and oxygen atoms in total. The summed E-state index contributed by atoms with van der Waals surface area (Å²) >= 11 is 0. The third-order valence-electron chi connectivity index (χ3n) is 4.08. The summed E-state index contributed by atoms with van der Waals surface area (Å²) in [5.74, 6) is -0.205. The number of benzene rings is 1. The lowest BCUT2D eigenvalue weighted by molar-refractivity contribution is 0.0948. The molecule has 2 heterocycles. The van der Waals surface area contributed by atoms with E-state index in [1.165, 1.54) is 30.5 Å². The van der Waals surface area contributed by atoms with Crippen LogP contribution in [0.25, 0.3) is 0 Å². The summed E-state index contributed by atoms with van der Waals surface area (Å²) in [5, 5.41) is 1.74.